The fourth-order valence-corrected chi connectivity index (χ4v) is 2.47. The van der Waals surface area contributed by atoms with E-state index in [4.69, 9.17) is 10.8 Å². The van der Waals surface area contributed by atoms with Crippen LogP contribution in [0, 0.1) is 0 Å². The predicted octanol–water partition coefficient (Wildman–Crippen LogP) is -0.167. The Morgan fingerprint density at radius 2 is 2.05 bits per heavy atom. The molecule has 1 fully saturated rings. The maximum absolute atomic E-state index is 11.8. The molecule has 1 aliphatic heterocycles. The molecule has 1 aliphatic rings. The molecule has 0 bridgehead atoms. The molecule has 2 rings (SSSR count). The summed E-state index contributed by atoms with van der Waals surface area (Å²) >= 11 is 0. The largest absolute Gasteiger partial charge is 0.480 e. The smallest absolute Gasteiger partial charge is 0.325 e. The number of carbonyl (C=O) groups is 2. The molecule has 6 heteroatoms. The van der Waals surface area contributed by atoms with Gasteiger partial charge in [0.05, 0.1) is 6.54 Å². The van der Waals surface area contributed by atoms with Gasteiger partial charge in [-0.25, -0.2) is 0 Å². The van der Waals surface area contributed by atoms with Crippen LogP contribution in [-0.2, 0) is 16.0 Å². The summed E-state index contributed by atoms with van der Waals surface area (Å²) in [6.07, 6.45) is 1.15. The second-order valence-corrected chi connectivity index (χ2v) is 5.51. The molecule has 0 radical (unpaired) electrons. The van der Waals surface area contributed by atoms with Gasteiger partial charge >= 0.3 is 5.97 Å². The molecule has 21 heavy (non-hydrogen) atoms. The van der Waals surface area contributed by atoms with Crippen molar-refractivity contribution in [1.29, 1.82) is 0 Å². The van der Waals surface area contributed by atoms with Gasteiger partial charge in [-0.2, -0.15) is 0 Å². The summed E-state index contributed by atoms with van der Waals surface area (Å²) in [6.45, 7) is 1.52. The van der Waals surface area contributed by atoms with E-state index in [0.717, 1.165) is 6.42 Å². The molecule has 1 atom stereocenters. The van der Waals surface area contributed by atoms with Crippen molar-refractivity contribution in [3.05, 3.63) is 35.9 Å². The molecule has 0 spiro atoms. The number of hydrogen-bond acceptors (Lipinski definition) is 4. The third kappa shape index (κ3) is 4.27. The zero-order chi connectivity index (χ0) is 15.3. The molecule has 0 saturated carbocycles. The summed E-state index contributed by atoms with van der Waals surface area (Å²) in [6, 6.07) is 9.92. The van der Waals surface area contributed by atoms with Crippen LogP contribution in [0.4, 0.5) is 0 Å². The highest BCUT2D eigenvalue weighted by atomic mass is 16.4. The van der Waals surface area contributed by atoms with E-state index in [2.05, 4.69) is 5.32 Å². The molecule has 6 nitrogen and oxygen atoms in total. The molecule has 1 aromatic rings. The van der Waals surface area contributed by atoms with E-state index < -0.39 is 11.5 Å². The molecular formula is C15H21N3O3. The minimum Gasteiger partial charge on any atom is -0.480 e. The second kappa shape index (κ2) is 6.69. The van der Waals surface area contributed by atoms with Crippen molar-refractivity contribution in [2.75, 3.05) is 26.2 Å². The molecular weight excluding hydrogens is 270 g/mol. The minimum atomic E-state index is -1.22. The van der Waals surface area contributed by atoms with Gasteiger partial charge in [-0.15, -0.1) is 0 Å². The first-order valence-corrected chi connectivity index (χ1v) is 7.05. The number of nitrogens with zero attached hydrogens (tertiary/aromatic N) is 1. The van der Waals surface area contributed by atoms with E-state index in [1.165, 1.54) is 5.56 Å². The van der Waals surface area contributed by atoms with E-state index in [1.807, 2.05) is 30.3 Å². The molecule has 1 unspecified atom stereocenters. The highest BCUT2D eigenvalue weighted by Gasteiger charge is 2.41. The van der Waals surface area contributed by atoms with Gasteiger partial charge in [0.2, 0.25) is 5.91 Å². The Morgan fingerprint density at radius 3 is 2.67 bits per heavy atom. The van der Waals surface area contributed by atoms with Crippen LogP contribution in [0.3, 0.4) is 0 Å². The number of amides is 1. The third-order valence-corrected chi connectivity index (χ3v) is 3.75. The van der Waals surface area contributed by atoms with Gasteiger partial charge in [0, 0.05) is 19.6 Å². The first kappa shape index (κ1) is 15.5. The van der Waals surface area contributed by atoms with Gasteiger partial charge in [-0.05, 0) is 18.4 Å². The Hall–Kier alpha value is -1.92. The molecule has 0 aliphatic carbocycles. The SMILES string of the molecule is NC1(C(=O)O)CCN(CC(=O)NCCc2ccccc2)C1. The predicted molar refractivity (Wildman–Crippen MR) is 78.8 cm³/mol. The molecule has 1 saturated heterocycles. The Morgan fingerprint density at radius 1 is 1.33 bits per heavy atom. The summed E-state index contributed by atoms with van der Waals surface area (Å²) in [5.41, 5.74) is 5.73. The number of benzene rings is 1. The number of carbonyl (C=O) groups excluding carboxylic acids is 1. The van der Waals surface area contributed by atoms with Crippen LogP contribution in [0.1, 0.15) is 12.0 Å². The fraction of sp³-hybridized carbons (Fsp3) is 0.467. The first-order chi connectivity index (χ1) is 9.99. The number of nitrogens with one attached hydrogen (secondary N) is 1. The molecule has 1 heterocycles. The van der Waals surface area contributed by atoms with Crippen LogP contribution in [0.15, 0.2) is 30.3 Å². The van der Waals surface area contributed by atoms with Gasteiger partial charge < -0.3 is 16.2 Å². The molecule has 1 amide bonds. The second-order valence-electron chi connectivity index (χ2n) is 5.51. The van der Waals surface area contributed by atoms with Crippen molar-refractivity contribution in [3.63, 3.8) is 0 Å². The standard InChI is InChI=1S/C15H21N3O3/c16-15(14(20)21)7-9-18(11-15)10-13(19)17-8-6-12-4-2-1-3-5-12/h1-5H,6-11,16H2,(H,17,19)(H,20,21). The summed E-state index contributed by atoms with van der Waals surface area (Å²) in [5, 5.41) is 11.9. The van der Waals surface area contributed by atoms with E-state index in [1.54, 1.807) is 4.90 Å². The zero-order valence-electron chi connectivity index (χ0n) is 11.9. The van der Waals surface area contributed by atoms with Crippen molar-refractivity contribution in [2.24, 2.45) is 5.73 Å². The van der Waals surface area contributed by atoms with Crippen LogP contribution >= 0.6 is 0 Å². The quantitative estimate of drug-likeness (QED) is 0.676. The van der Waals surface area contributed by atoms with E-state index in [-0.39, 0.29) is 19.0 Å². The van der Waals surface area contributed by atoms with Crippen LogP contribution in [0.25, 0.3) is 0 Å². The fourth-order valence-electron chi connectivity index (χ4n) is 2.47. The van der Waals surface area contributed by atoms with Gasteiger partial charge in [0.1, 0.15) is 5.54 Å². The van der Waals surface area contributed by atoms with E-state index in [9.17, 15) is 9.59 Å². The van der Waals surface area contributed by atoms with Gasteiger partial charge in [-0.1, -0.05) is 30.3 Å². The molecule has 114 valence electrons. The Labute approximate surface area is 123 Å². The van der Waals surface area contributed by atoms with Crippen molar-refractivity contribution in [2.45, 2.75) is 18.4 Å². The average Bonchev–Trinajstić information content (AvgIpc) is 2.83. The Bertz CT molecular complexity index is 506. The van der Waals surface area contributed by atoms with Crippen molar-refractivity contribution in [1.82, 2.24) is 10.2 Å². The topological polar surface area (TPSA) is 95.7 Å². The van der Waals surface area contributed by atoms with Gasteiger partial charge in [0.25, 0.3) is 0 Å². The van der Waals surface area contributed by atoms with E-state index >= 15 is 0 Å². The minimum absolute atomic E-state index is 0.0967. The number of rotatable bonds is 6. The number of aliphatic carboxylic acids is 1. The normalized spacial score (nSPS) is 22.1. The lowest BCUT2D eigenvalue weighted by Gasteiger charge is -2.19. The highest BCUT2D eigenvalue weighted by molar-refractivity contribution is 5.80. The Kier molecular flexibility index (Phi) is 4.93. The summed E-state index contributed by atoms with van der Waals surface area (Å²) in [4.78, 5) is 24.6. The van der Waals surface area contributed by atoms with Crippen molar-refractivity contribution in [3.8, 4) is 0 Å². The number of carboxylic acids is 1. The molecule has 4 N–H and O–H groups in total. The summed E-state index contributed by atoms with van der Waals surface area (Å²) in [7, 11) is 0. The molecule has 0 aromatic heterocycles. The Balaban J connectivity index is 1.70. The lowest BCUT2D eigenvalue weighted by atomic mass is 10.0. The van der Waals surface area contributed by atoms with Crippen molar-refractivity contribution >= 4 is 11.9 Å². The number of likely N-dealkylation sites (tertiary alicyclic amines) is 1. The van der Waals surface area contributed by atoms with Gasteiger partial charge in [0.15, 0.2) is 0 Å². The maximum Gasteiger partial charge on any atom is 0.325 e. The summed E-state index contributed by atoms with van der Waals surface area (Å²) in [5.74, 6) is -1.10. The molecule has 1 aromatic carbocycles. The lowest BCUT2D eigenvalue weighted by molar-refractivity contribution is -0.143. The maximum atomic E-state index is 11.8. The zero-order valence-corrected chi connectivity index (χ0v) is 11.9. The first-order valence-electron chi connectivity index (χ1n) is 7.05. The van der Waals surface area contributed by atoms with Crippen LogP contribution < -0.4 is 11.1 Å². The average molecular weight is 291 g/mol. The van der Waals surface area contributed by atoms with Crippen LogP contribution in [0.5, 0.6) is 0 Å². The van der Waals surface area contributed by atoms with Crippen molar-refractivity contribution < 1.29 is 14.7 Å². The third-order valence-electron chi connectivity index (χ3n) is 3.75. The van der Waals surface area contributed by atoms with Crippen LogP contribution in [0.2, 0.25) is 0 Å². The van der Waals surface area contributed by atoms with Gasteiger partial charge in [-0.3, -0.25) is 14.5 Å². The number of nitrogens with two attached hydrogens (primary N) is 1. The van der Waals surface area contributed by atoms with Crippen LogP contribution in [-0.4, -0.2) is 53.6 Å². The van der Waals surface area contributed by atoms with E-state index in [0.29, 0.717) is 19.5 Å². The lowest BCUT2D eigenvalue weighted by Crippen LogP contribution is -2.50. The highest BCUT2D eigenvalue weighted by Crippen LogP contribution is 2.18. The monoisotopic (exact) mass is 291 g/mol. The summed E-state index contributed by atoms with van der Waals surface area (Å²) < 4.78 is 0. The number of hydrogen-bond donors (Lipinski definition) is 3. The number of carboxylic acid groups (broad SMARTS) is 1.